The number of aliphatic imine (C=N–C) groups is 1. The van der Waals surface area contributed by atoms with E-state index in [4.69, 9.17) is 0 Å². The number of hydrogen-bond donors (Lipinski definition) is 1. The Bertz CT molecular complexity index is 312. The quantitative estimate of drug-likeness (QED) is 0.541. The summed E-state index contributed by atoms with van der Waals surface area (Å²) in [4.78, 5) is 16.0. The smallest absolute Gasteiger partial charge is 0.202 e. The van der Waals surface area contributed by atoms with Crippen molar-refractivity contribution in [2.75, 3.05) is 0 Å². The molecule has 0 unspecified atom stereocenters. The van der Waals surface area contributed by atoms with Gasteiger partial charge in [-0.05, 0) is 23.8 Å². The first-order chi connectivity index (χ1) is 5.27. The summed E-state index contributed by atoms with van der Waals surface area (Å²) in [7, 11) is 0. The Balaban J connectivity index is 2.44. The molecule has 0 aromatic carbocycles. The van der Waals surface area contributed by atoms with Gasteiger partial charge in [-0.25, -0.2) is 0 Å². The first-order valence-electron chi connectivity index (χ1n) is 3.48. The number of allylic oxidation sites excluding steroid dienone is 3. The molecule has 0 spiro atoms. The van der Waals surface area contributed by atoms with Gasteiger partial charge in [0.2, 0.25) is 5.78 Å². The summed E-state index contributed by atoms with van der Waals surface area (Å²) >= 11 is 4.21. The van der Waals surface area contributed by atoms with Gasteiger partial charge in [0.05, 0.1) is 11.9 Å². The lowest BCUT2D eigenvalue weighted by molar-refractivity contribution is -0.109. The molecule has 2 nitrogen and oxygen atoms in total. The Morgan fingerprint density at radius 1 is 1.45 bits per heavy atom. The fraction of sp³-hybridized carbons (Fsp3) is 0.250. The normalized spacial score (nSPS) is 22.3. The summed E-state index contributed by atoms with van der Waals surface area (Å²) in [5.74, 6) is 0.0667. The van der Waals surface area contributed by atoms with Crippen molar-refractivity contribution in [2.24, 2.45) is 4.99 Å². The van der Waals surface area contributed by atoms with Crippen molar-refractivity contribution in [1.29, 1.82) is 0 Å². The van der Waals surface area contributed by atoms with Crippen LogP contribution in [0, 0.1) is 0 Å². The van der Waals surface area contributed by atoms with Gasteiger partial charge in [0.1, 0.15) is 0 Å². The number of Topliss-reactive ketones (excluding diaryl/α,β-unsaturated/α-hetero) is 1. The van der Waals surface area contributed by atoms with E-state index in [1.54, 1.807) is 0 Å². The van der Waals surface area contributed by atoms with Crippen LogP contribution in [0.3, 0.4) is 0 Å². The summed E-state index contributed by atoms with van der Waals surface area (Å²) in [6.45, 7) is 0. The Hall–Kier alpha value is -0.830. The summed E-state index contributed by atoms with van der Waals surface area (Å²) in [5.41, 5.74) is 1.66. The number of hydrogen-bond acceptors (Lipinski definition) is 3. The number of carbonyl (C=O) groups excluding carboxylic acids is 1. The molecule has 2 rings (SSSR count). The molecule has 0 radical (unpaired) electrons. The third kappa shape index (κ3) is 1.05. The number of carbonyl (C=O) groups is 1. The van der Waals surface area contributed by atoms with E-state index < -0.39 is 0 Å². The molecule has 2 aliphatic rings. The van der Waals surface area contributed by atoms with Crippen LogP contribution >= 0.6 is 12.6 Å². The molecule has 0 aromatic heterocycles. The highest BCUT2D eigenvalue weighted by atomic mass is 32.1. The van der Waals surface area contributed by atoms with Gasteiger partial charge in [-0.2, -0.15) is 0 Å². The topological polar surface area (TPSA) is 29.4 Å². The summed E-state index contributed by atoms with van der Waals surface area (Å²) in [6.07, 6.45) is 4.91. The average Bonchev–Trinajstić information content (AvgIpc) is 2.32. The van der Waals surface area contributed by atoms with Crippen LogP contribution in [-0.4, -0.2) is 12.0 Å². The van der Waals surface area contributed by atoms with Crippen molar-refractivity contribution in [3.05, 3.63) is 22.3 Å². The van der Waals surface area contributed by atoms with Gasteiger partial charge in [0.25, 0.3) is 0 Å². The monoisotopic (exact) mass is 165 g/mol. The first kappa shape index (κ1) is 6.85. The molecular weight excluding hydrogens is 158 g/mol. The van der Waals surface area contributed by atoms with Crippen LogP contribution in [0.25, 0.3) is 0 Å². The lowest BCUT2D eigenvalue weighted by Gasteiger charge is -2.08. The minimum absolute atomic E-state index is 0.0667. The van der Waals surface area contributed by atoms with E-state index in [2.05, 4.69) is 17.6 Å². The Morgan fingerprint density at radius 2 is 2.27 bits per heavy atom. The second kappa shape index (κ2) is 2.34. The highest BCUT2D eigenvalue weighted by Gasteiger charge is 2.20. The maximum atomic E-state index is 11.1. The maximum absolute atomic E-state index is 11.1. The van der Waals surface area contributed by atoms with E-state index >= 15 is 0 Å². The van der Waals surface area contributed by atoms with Gasteiger partial charge in [0, 0.05) is 5.57 Å². The van der Waals surface area contributed by atoms with E-state index in [9.17, 15) is 4.79 Å². The van der Waals surface area contributed by atoms with Crippen LogP contribution in [0.15, 0.2) is 27.2 Å². The van der Waals surface area contributed by atoms with Crippen molar-refractivity contribution in [1.82, 2.24) is 0 Å². The fourth-order valence-corrected chi connectivity index (χ4v) is 1.50. The minimum Gasteiger partial charge on any atom is -0.288 e. The van der Waals surface area contributed by atoms with Crippen LogP contribution in [-0.2, 0) is 4.79 Å². The molecule has 11 heavy (non-hydrogen) atoms. The first-order valence-corrected chi connectivity index (χ1v) is 3.93. The van der Waals surface area contributed by atoms with Gasteiger partial charge in [0.15, 0.2) is 0 Å². The predicted molar refractivity (Wildman–Crippen MR) is 46.8 cm³/mol. The van der Waals surface area contributed by atoms with Crippen LogP contribution in [0.4, 0.5) is 0 Å². The Morgan fingerprint density at radius 3 is 3.09 bits per heavy atom. The number of thiol groups is 1. The third-order valence-corrected chi connectivity index (χ3v) is 2.21. The van der Waals surface area contributed by atoms with Crippen LogP contribution < -0.4 is 0 Å². The Kier molecular flexibility index (Phi) is 1.46. The molecule has 0 N–H and O–H groups in total. The molecule has 0 saturated carbocycles. The summed E-state index contributed by atoms with van der Waals surface area (Å²) < 4.78 is 0. The molecule has 3 heteroatoms. The van der Waals surface area contributed by atoms with Gasteiger partial charge >= 0.3 is 0 Å². The molecule has 1 aliphatic carbocycles. The minimum atomic E-state index is 0.0667. The van der Waals surface area contributed by atoms with Crippen molar-refractivity contribution in [3.8, 4) is 0 Å². The molecule has 0 aromatic rings. The standard InChI is InChI=1S/C8H7NOS/c10-8-4-9-7-3-5(11)1-2-6(7)8/h3-4,11H,1-2H2. The SMILES string of the molecule is O=C1C=NC2=C1CCC(S)=C2. The van der Waals surface area contributed by atoms with Crippen molar-refractivity contribution >= 4 is 24.6 Å². The maximum Gasteiger partial charge on any atom is 0.202 e. The van der Waals surface area contributed by atoms with E-state index in [0.717, 1.165) is 29.0 Å². The number of rotatable bonds is 0. The lowest BCUT2D eigenvalue weighted by atomic mass is 10.0. The van der Waals surface area contributed by atoms with Crippen LogP contribution in [0.2, 0.25) is 0 Å². The zero-order valence-electron chi connectivity index (χ0n) is 5.87. The van der Waals surface area contributed by atoms with E-state index in [-0.39, 0.29) is 5.78 Å². The van der Waals surface area contributed by atoms with Gasteiger partial charge in [-0.1, -0.05) is 0 Å². The predicted octanol–water partition coefficient (Wildman–Crippen LogP) is 1.50. The average molecular weight is 165 g/mol. The van der Waals surface area contributed by atoms with Gasteiger partial charge in [-0.15, -0.1) is 12.6 Å². The number of ketones is 1. The molecule has 0 fully saturated rings. The fourth-order valence-electron chi connectivity index (χ4n) is 1.27. The molecule has 0 saturated heterocycles. The molecule has 0 amide bonds. The zero-order valence-corrected chi connectivity index (χ0v) is 6.77. The Labute approximate surface area is 70.1 Å². The molecule has 1 heterocycles. The van der Waals surface area contributed by atoms with Gasteiger partial charge < -0.3 is 0 Å². The van der Waals surface area contributed by atoms with Crippen molar-refractivity contribution in [2.45, 2.75) is 12.8 Å². The summed E-state index contributed by atoms with van der Waals surface area (Å²) in [6, 6.07) is 0. The van der Waals surface area contributed by atoms with E-state index in [1.165, 1.54) is 6.21 Å². The van der Waals surface area contributed by atoms with Crippen LogP contribution in [0.1, 0.15) is 12.8 Å². The number of nitrogens with zero attached hydrogens (tertiary/aromatic N) is 1. The van der Waals surface area contributed by atoms with Crippen molar-refractivity contribution < 1.29 is 4.79 Å². The van der Waals surface area contributed by atoms with E-state index in [1.807, 2.05) is 6.08 Å². The van der Waals surface area contributed by atoms with Crippen molar-refractivity contribution in [3.63, 3.8) is 0 Å². The molecule has 56 valence electrons. The van der Waals surface area contributed by atoms with Crippen LogP contribution in [0.5, 0.6) is 0 Å². The highest BCUT2D eigenvalue weighted by molar-refractivity contribution is 7.84. The van der Waals surface area contributed by atoms with Gasteiger partial charge in [-0.3, -0.25) is 9.79 Å². The molecule has 1 aliphatic heterocycles. The zero-order chi connectivity index (χ0) is 7.84. The molecule has 0 atom stereocenters. The molecule has 0 bridgehead atoms. The molecular formula is C8H7NOS. The lowest BCUT2D eigenvalue weighted by Crippen LogP contribution is -2.02. The van der Waals surface area contributed by atoms with E-state index in [0.29, 0.717) is 0 Å². The second-order valence-corrected chi connectivity index (χ2v) is 3.20. The third-order valence-electron chi connectivity index (χ3n) is 1.86. The highest BCUT2D eigenvalue weighted by Crippen LogP contribution is 2.29. The second-order valence-electron chi connectivity index (χ2n) is 2.62. The summed E-state index contributed by atoms with van der Waals surface area (Å²) in [5, 5.41) is 0. The largest absolute Gasteiger partial charge is 0.288 e.